The Bertz CT molecular complexity index is 1380. The van der Waals surface area contributed by atoms with E-state index in [0.29, 0.717) is 21.7 Å². The van der Waals surface area contributed by atoms with Crippen molar-refractivity contribution in [3.8, 4) is 17.3 Å². The molecule has 0 amide bonds. The Labute approximate surface area is 198 Å². The third-order valence-corrected chi connectivity index (χ3v) is 7.30. The molecule has 4 aromatic heterocycles. The first-order chi connectivity index (χ1) is 16.5. The minimum atomic E-state index is -0.854. The highest BCUT2D eigenvalue weighted by molar-refractivity contribution is 6.31. The zero-order valence-corrected chi connectivity index (χ0v) is 18.7. The van der Waals surface area contributed by atoms with Crippen LogP contribution < -0.4 is 5.32 Å². The summed E-state index contributed by atoms with van der Waals surface area (Å²) in [6.45, 7) is 0. The minimum absolute atomic E-state index is 0.0322. The molecule has 0 unspecified atom stereocenters. The van der Waals surface area contributed by atoms with Crippen LogP contribution in [0.3, 0.4) is 0 Å². The molecule has 2 atom stereocenters. The van der Waals surface area contributed by atoms with Crippen molar-refractivity contribution >= 4 is 34.4 Å². The lowest BCUT2D eigenvalue weighted by Crippen LogP contribution is -2.51. The van der Waals surface area contributed by atoms with Gasteiger partial charge in [0.15, 0.2) is 23.1 Å². The van der Waals surface area contributed by atoms with Gasteiger partial charge in [0, 0.05) is 24.6 Å². The van der Waals surface area contributed by atoms with Crippen molar-refractivity contribution in [2.24, 2.45) is 17.8 Å². The number of aromatic nitrogens is 6. The number of fused-ring (bicyclic) bond motifs is 4. The number of halogens is 2. The molecule has 0 radical (unpaired) electrons. The van der Waals surface area contributed by atoms with Crippen LogP contribution in [0.5, 0.6) is 0 Å². The molecule has 3 aliphatic carbocycles. The Morgan fingerprint density at radius 2 is 1.91 bits per heavy atom. The summed E-state index contributed by atoms with van der Waals surface area (Å²) in [5.41, 5.74) is 0.876. The molecule has 34 heavy (non-hydrogen) atoms. The number of rotatable bonds is 5. The predicted octanol–water partition coefficient (Wildman–Crippen LogP) is 4.30. The van der Waals surface area contributed by atoms with Crippen LogP contribution >= 0.6 is 11.6 Å². The van der Waals surface area contributed by atoms with E-state index in [1.165, 1.54) is 6.20 Å². The number of carbonyl (C=O) groups is 1. The van der Waals surface area contributed by atoms with Crippen LogP contribution in [0, 0.1) is 23.6 Å². The van der Waals surface area contributed by atoms with Gasteiger partial charge in [-0.3, -0.25) is 9.89 Å². The van der Waals surface area contributed by atoms with Crippen molar-refractivity contribution in [3.05, 3.63) is 47.6 Å². The second kappa shape index (κ2) is 8.05. The standard InChI is InChI=1S/C23H21ClFN7O2/c24-13-9-14-18(30-31-19(14)26-10-13)21-28-20(16(25)22(29-21)32-7-1-2-8-32)27-17-12-5-3-11(4-6-12)15(17)23(33)34/h1-2,7-12,15,17H,3-6H2,(H,33,34)(H,26,30,31)(H,27,28,29)/t11?,12?,15-,17-/m0/s1. The number of nitrogens with one attached hydrogen (secondary N) is 2. The number of anilines is 1. The SMILES string of the molecule is O=C(O)[C@H]1C2CCC(CC2)[C@@H]1Nc1nc(-c2[nH]nc3ncc(Cl)cc23)nc(-n2cccc2)c1F. The molecule has 0 spiro atoms. The van der Waals surface area contributed by atoms with E-state index in [0.717, 1.165) is 25.7 Å². The van der Waals surface area contributed by atoms with Gasteiger partial charge in [-0.25, -0.2) is 15.0 Å². The quantitative estimate of drug-likeness (QED) is 0.388. The maximum Gasteiger partial charge on any atom is 0.308 e. The van der Waals surface area contributed by atoms with Crippen molar-refractivity contribution in [1.29, 1.82) is 0 Å². The van der Waals surface area contributed by atoms with Crippen molar-refractivity contribution in [1.82, 2.24) is 29.7 Å². The van der Waals surface area contributed by atoms with Gasteiger partial charge in [0.1, 0.15) is 5.69 Å². The average molecular weight is 482 g/mol. The van der Waals surface area contributed by atoms with E-state index in [4.69, 9.17) is 11.6 Å². The first kappa shape index (κ1) is 21.0. The maximum atomic E-state index is 15.7. The van der Waals surface area contributed by atoms with Crippen LogP contribution in [0.4, 0.5) is 10.2 Å². The van der Waals surface area contributed by atoms with E-state index >= 15 is 4.39 Å². The minimum Gasteiger partial charge on any atom is -0.481 e. The van der Waals surface area contributed by atoms with Crippen LogP contribution in [-0.2, 0) is 4.79 Å². The van der Waals surface area contributed by atoms with Gasteiger partial charge in [-0.1, -0.05) is 11.6 Å². The molecular weight excluding hydrogens is 461 g/mol. The van der Waals surface area contributed by atoms with Gasteiger partial charge >= 0.3 is 5.97 Å². The van der Waals surface area contributed by atoms with Crippen molar-refractivity contribution in [3.63, 3.8) is 0 Å². The highest BCUT2D eigenvalue weighted by atomic mass is 35.5. The molecule has 4 heterocycles. The predicted molar refractivity (Wildman–Crippen MR) is 123 cm³/mol. The molecule has 0 saturated heterocycles. The van der Waals surface area contributed by atoms with Crippen LogP contribution in [0.15, 0.2) is 36.8 Å². The summed E-state index contributed by atoms with van der Waals surface area (Å²) in [6.07, 6.45) is 8.48. The third kappa shape index (κ3) is 3.40. The number of aliphatic carboxylic acids is 1. The summed E-state index contributed by atoms with van der Waals surface area (Å²) in [6, 6.07) is 4.82. The Morgan fingerprint density at radius 1 is 1.18 bits per heavy atom. The Balaban J connectivity index is 1.49. The van der Waals surface area contributed by atoms with Crippen LogP contribution in [0.1, 0.15) is 25.7 Å². The lowest BCUT2D eigenvalue weighted by atomic mass is 9.61. The fraction of sp³-hybridized carbons (Fsp3) is 0.348. The van der Waals surface area contributed by atoms with E-state index in [-0.39, 0.29) is 29.3 Å². The zero-order chi connectivity index (χ0) is 23.4. The maximum absolute atomic E-state index is 15.7. The Morgan fingerprint density at radius 3 is 2.65 bits per heavy atom. The molecular formula is C23H21ClFN7O2. The molecule has 0 aromatic carbocycles. The normalized spacial score (nSPS) is 23.9. The molecule has 3 aliphatic rings. The molecule has 3 saturated carbocycles. The van der Waals surface area contributed by atoms with Gasteiger partial charge in [-0.05, 0) is 55.7 Å². The highest BCUT2D eigenvalue weighted by Crippen LogP contribution is 2.46. The van der Waals surface area contributed by atoms with E-state index in [1.54, 1.807) is 35.2 Å². The molecule has 4 aromatic rings. The number of carboxylic acids is 1. The molecule has 0 aliphatic heterocycles. The van der Waals surface area contributed by atoms with Gasteiger partial charge in [0.2, 0.25) is 5.82 Å². The lowest BCUT2D eigenvalue weighted by molar-refractivity contribution is -0.148. The number of pyridine rings is 1. The zero-order valence-electron chi connectivity index (χ0n) is 17.9. The molecule has 2 bridgehead atoms. The summed E-state index contributed by atoms with van der Waals surface area (Å²) < 4.78 is 17.3. The van der Waals surface area contributed by atoms with E-state index in [1.807, 2.05) is 0 Å². The number of nitrogens with zero attached hydrogens (tertiary/aromatic N) is 5. The van der Waals surface area contributed by atoms with Gasteiger partial charge in [0.05, 0.1) is 16.3 Å². The smallest absolute Gasteiger partial charge is 0.308 e. The fourth-order valence-corrected chi connectivity index (χ4v) is 5.66. The number of aromatic amines is 1. The van der Waals surface area contributed by atoms with E-state index in [9.17, 15) is 9.90 Å². The second-order valence-corrected chi connectivity index (χ2v) is 9.39. The number of H-pyrrole nitrogens is 1. The van der Waals surface area contributed by atoms with E-state index in [2.05, 4.69) is 30.5 Å². The Kier molecular flexibility index (Phi) is 4.98. The summed E-state index contributed by atoms with van der Waals surface area (Å²) in [5.74, 6) is -1.65. The molecule has 174 valence electrons. The van der Waals surface area contributed by atoms with Crippen molar-refractivity contribution in [2.45, 2.75) is 31.7 Å². The van der Waals surface area contributed by atoms with Crippen LogP contribution in [-0.4, -0.2) is 46.8 Å². The van der Waals surface area contributed by atoms with Crippen molar-refractivity contribution < 1.29 is 14.3 Å². The number of hydrogen-bond acceptors (Lipinski definition) is 6. The average Bonchev–Trinajstić information content (AvgIpc) is 3.51. The van der Waals surface area contributed by atoms with Crippen LogP contribution in [0.25, 0.3) is 28.4 Å². The van der Waals surface area contributed by atoms with Gasteiger partial charge in [-0.15, -0.1) is 0 Å². The summed E-state index contributed by atoms with van der Waals surface area (Å²) in [4.78, 5) is 25.3. The number of hydrogen-bond donors (Lipinski definition) is 3. The third-order valence-electron chi connectivity index (χ3n) is 7.09. The molecule has 9 nitrogen and oxygen atoms in total. The molecule has 7 rings (SSSR count). The summed E-state index contributed by atoms with van der Waals surface area (Å²) >= 11 is 6.14. The Hall–Kier alpha value is -3.53. The molecule has 3 fully saturated rings. The largest absolute Gasteiger partial charge is 0.481 e. The summed E-state index contributed by atoms with van der Waals surface area (Å²) in [7, 11) is 0. The van der Waals surface area contributed by atoms with Gasteiger partial charge < -0.3 is 15.0 Å². The van der Waals surface area contributed by atoms with Crippen LogP contribution in [0.2, 0.25) is 5.02 Å². The monoisotopic (exact) mass is 481 g/mol. The first-order valence-electron chi connectivity index (χ1n) is 11.2. The number of carboxylic acid groups (broad SMARTS) is 1. The first-order valence-corrected chi connectivity index (χ1v) is 11.6. The molecule has 11 heteroatoms. The van der Waals surface area contributed by atoms with Gasteiger partial charge in [-0.2, -0.15) is 9.49 Å². The van der Waals surface area contributed by atoms with Gasteiger partial charge in [0.25, 0.3) is 0 Å². The topological polar surface area (TPSA) is 122 Å². The van der Waals surface area contributed by atoms with E-state index < -0.39 is 23.7 Å². The highest BCUT2D eigenvalue weighted by Gasteiger charge is 2.47. The second-order valence-electron chi connectivity index (χ2n) is 8.96. The molecule has 3 N–H and O–H groups in total. The van der Waals surface area contributed by atoms with Crippen molar-refractivity contribution in [2.75, 3.05) is 5.32 Å². The fourth-order valence-electron chi connectivity index (χ4n) is 5.50. The summed E-state index contributed by atoms with van der Waals surface area (Å²) in [5, 5.41) is 21.2. The lowest BCUT2D eigenvalue weighted by Gasteiger charge is -2.47.